The van der Waals surface area contributed by atoms with Gasteiger partial charge in [0.25, 0.3) is 5.91 Å². The molecular formula is C23H30N2O4S. The molecule has 1 aliphatic heterocycles. The van der Waals surface area contributed by atoms with Gasteiger partial charge in [-0.1, -0.05) is 45.0 Å². The van der Waals surface area contributed by atoms with Gasteiger partial charge >= 0.3 is 0 Å². The highest BCUT2D eigenvalue weighted by Gasteiger charge is 2.26. The number of amides is 1. The second kappa shape index (κ2) is 9.73. The van der Waals surface area contributed by atoms with Crippen LogP contribution in [0.15, 0.2) is 53.4 Å². The quantitative estimate of drug-likeness (QED) is 0.731. The maximum atomic E-state index is 12.8. The molecule has 1 N–H and O–H groups in total. The molecule has 6 nitrogen and oxygen atoms in total. The SMILES string of the molecule is CCc1ccc([C@H](NC(=O)c2ccc(S(=O)(=O)N3CCOCC3)cc2)C(C)C)cc1. The number of rotatable bonds is 7. The van der Waals surface area contributed by atoms with Gasteiger partial charge in [0.1, 0.15) is 0 Å². The van der Waals surface area contributed by atoms with E-state index in [2.05, 4.69) is 50.4 Å². The first-order chi connectivity index (χ1) is 14.3. The van der Waals surface area contributed by atoms with Crippen LogP contribution >= 0.6 is 0 Å². The van der Waals surface area contributed by atoms with Crippen LogP contribution in [0.4, 0.5) is 0 Å². The summed E-state index contributed by atoms with van der Waals surface area (Å²) in [4.78, 5) is 13.0. The zero-order valence-electron chi connectivity index (χ0n) is 17.8. The predicted octanol–water partition coefficient (Wildman–Crippen LogP) is 3.40. The summed E-state index contributed by atoms with van der Waals surface area (Å²) in [7, 11) is -3.57. The van der Waals surface area contributed by atoms with Gasteiger partial charge in [0.2, 0.25) is 10.0 Å². The molecule has 0 aliphatic carbocycles. The maximum Gasteiger partial charge on any atom is 0.251 e. The van der Waals surface area contributed by atoms with Gasteiger partial charge < -0.3 is 10.1 Å². The van der Waals surface area contributed by atoms with Crippen molar-refractivity contribution in [3.05, 3.63) is 65.2 Å². The van der Waals surface area contributed by atoms with E-state index in [1.807, 2.05) is 0 Å². The summed E-state index contributed by atoms with van der Waals surface area (Å²) in [5, 5.41) is 3.09. The number of sulfonamides is 1. The van der Waals surface area contributed by atoms with Crippen LogP contribution in [-0.4, -0.2) is 44.9 Å². The minimum Gasteiger partial charge on any atom is -0.379 e. The highest BCUT2D eigenvalue weighted by molar-refractivity contribution is 7.89. The van der Waals surface area contributed by atoms with Crippen LogP contribution in [0.3, 0.4) is 0 Å². The van der Waals surface area contributed by atoms with Crippen molar-refractivity contribution in [2.24, 2.45) is 5.92 Å². The number of benzene rings is 2. The highest BCUT2D eigenvalue weighted by atomic mass is 32.2. The van der Waals surface area contributed by atoms with Crippen molar-refractivity contribution >= 4 is 15.9 Å². The highest BCUT2D eigenvalue weighted by Crippen LogP contribution is 2.23. The Kier molecular flexibility index (Phi) is 7.28. The second-order valence-corrected chi connectivity index (χ2v) is 9.77. The first-order valence-corrected chi connectivity index (χ1v) is 11.8. The van der Waals surface area contributed by atoms with Crippen molar-refractivity contribution in [1.29, 1.82) is 0 Å². The van der Waals surface area contributed by atoms with Gasteiger partial charge in [-0.15, -0.1) is 0 Å². The topological polar surface area (TPSA) is 75.7 Å². The molecule has 0 spiro atoms. The molecule has 1 fully saturated rings. The Balaban J connectivity index is 1.74. The first kappa shape index (κ1) is 22.5. The number of morpholine rings is 1. The predicted molar refractivity (Wildman–Crippen MR) is 117 cm³/mol. The van der Waals surface area contributed by atoms with Crippen LogP contribution in [0.1, 0.15) is 48.3 Å². The lowest BCUT2D eigenvalue weighted by Gasteiger charge is -2.26. The molecule has 162 valence electrons. The second-order valence-electron chi connectivity index (χ2n) is 7.83. The van der Waals surface area contributed by atoms with Gasteiger partial charge in [0.05, 0.1) is 24.2 Å². The van der Waals surface area contributed by atoms with Crippen molar-refractivity contribution in [3.63, 3.8) is 0 Å². The fraction of sp³-hybridized carbons (Fsp3) is 0.435. The van der Waals surface area contributed by atoms with Gasteiger partial charge in [0, 0.05) is 18.7 Å². The average Bonchev–Trinajstić information content (AvgIpc) is 2.78. The third-order valence-electron chi connectivity index (χ3n) is 5.42. The summed E-state index contributed by atoms with van der Waals surface area (Å²) in [6.45, 7) is 7.73. The van der Waals surface area contributed by atoms with E-state index in [0.29, 0.717) is 31.9 Å². The molecule has 1 atom stereocenters. The standard InChI is InChI=1S/C23H30N2O4S/c1-4-18-5-7-19(8-6-18)22(17(2)3)24-23(26)20-9-11-21(12-10-20)30(27,28)25-13-15-29-16-14-25/h5-12,17,22H,4,13-16H2,1-3H3,(H,24,26)/t22-/m1/s1. The molecule has 0 radical (unpaired) electrons. The molecule has 1 aliphatic rings. The minimum atomic E-state index is -3.57. The van der Waals surface area contributed by atoms with E-state index >= 15 is 0 Å². The number of carbonyl (C=O) groups excluding carboxylic acids is 1. The van der Waals surface area contributed by atoms with Crippen molar-refractivity contribution in [2.45, 2.75) is 38.1 Å². The van der Waals surface area contributed by atoms with Crippen LogP contribution in [0.25, 0.3) is 0 Å². The van der Waals surface area contributed by atoms with Gasteiger partial charge in [0.15, 0.2) is 0 Å². The Hall–Kier alpha value is -2.22. The zero-order chi connectivity index (χ0) is 21.7. The molecular weight excluding hydrogens is 400 g/mol. The molecule has 7 heteroatoms. The first-order valence-electron chi connectivity index (χ1n) is 10.4. The third kappa shape index (κ3) is 5.09. The molecule has 30 heavy (non-hydrogen) atoms. The van der Waals surface area contributed by atoms with Gasteiger partial charge in [-0.05, 0) is 47.7 Å². The normalized spacial score (nSPS) is 16.4. The minimum absolute atomic E-state index is 0.125. The summed E-state index contributed by atoms with van der Waals surface area (Å²) in [5.74, 6) is -0.00835. The Labute approximate surface area is 179 Å². The van der Waals surface area contributed by atoms with E-state index in [9.17, 15) is 13.2 Å². The number of hydrogen-bond acceptors (Lipinski definition) is 4. The van der Waals surface area contributed by atoms with Crippen molar-refractivity contribution in [1.82, 2.24) is 9.62 Å². The monoisotopic (exact) mass is 430 g/mol. The van der Waals surface area contributed by atoms with Crippen LogP contribution < -0.4 is 5.32 Å². The lowest BCUT2D eigenvalue weighted by molar-refractivity contribution is 0.0730. The van der Waals surface area contributed by atoms with E-state index in [4.69, 9.17) is 4.74 Å². The lowest BCUT2D eigenvalue weighted by Crippen LogP contribution is -2.40. The number of hydrogen-bond donors (Lipinski definition) is 1. The molecule has 1 amide bonds. The summed E-state index contributed by atoms with van der Waals surface area (Å²) < 4.78 is 32.1. The molecule has 1 heterocycles. The van der Waals surface area contributed by atoms with E-state index < -0.39 is 10.0 Å². The number of ether oxygens (including phenoxy) is 1. The van der Waals surface area contributed by atoms with E-state index in [1.165, 1.54) is 22.0 Å². The van der Waals surface area contributed by atoms with Crippen LogP contribution in [0.5, 0.6) is 0 Å². The molecule has 0 aromatic heterocycles. The number of nitrogens with zero attached hydrogens (tertiary/aromatic N) is 1. The van der Waals surface area contributed by atoms with Gasteiger partial charge in [-0.25, -0.2) is 8.42 Å². The Morgan fingerprint density at radius 3 is 2.17 bits per heavy atom. The van der Waals surface area contributed by atoms with Crippen LogP contribution in [0, 0.1) is 5.92 Å². The molecule has 2 aromatic carbocycles. The van der Waals surface area contributed by atoms with Gasteiger partial charge in [-0.2, -0.15) is 4.31 Å². The van der Waals surface area contributed by atoms with E-state index in [-0.39, 0.29) is 22.8 Å². The molecule has 0 saturated carbocycles. The molecule has 2 aromatic rings. The van der Waals surface area contributed by atoms with Crippen molar-refractivity contribution in [3.8, 4) is 0 Å². The van der Waals surface area contributed by atoms with Crippen molar-refractivity contribution < 1.29 is 17.9 Å². The zero-order valence-corrected chi connectivity index (χ0v) is 18.6. The summed E-state index contributed by atoms with van der Waals surface area (Å²) in [6, 6.07) is 14.3. The van der Waals surface area contributed by atoms with Crippen LogP contribution in [0.2, 0.25) is 0 Å². The largest absolute Gasteiger partial charge is 0.379 e. The molecule has 3 rings (SSSR count). The Bertz CT molecular complexity index is 948. The lowest BCUT2D eigenvalue weighted by atomic mass is 9.94. The van der Waals surface area contributed by atoms with Crippen molar-refractivity contribution in [2.75, 3.05) is 26.3 Å². The number of nitrogens with one attached hydrogen (secondary N) is 1. The fourth-order valence-electron chi connectivity index (χ4n) is 3.53. The fourth-order valence-corrected chi connectivity index (χ4v) is 4.94. The van der Waals surface area contributed by atoms with Gasteiger partial charge in [-0.3, -0.25) is 4.79 Å². The third-order valence-corrected chi connectivity index (χ3v) is 7.34. The molecule has 0 bridgehead atoms. The molecule has 0 unspecified atom stereocenters. The maximum absolute atomic E-state index is 12.8. The Morgan fingerprint density at radius 2 is 1.63 bits per heavy atom. The number of aryl methyl sites for hydroxylation is 1. The summed E-state index contributed by atoms with van der Waals surface area (Å²) in [5.41, 5.74) is 2.75. The molecule has 1 saturated heterocycles. The smallest absolute Gasteiger partial charge is 0.251 e. The van der Waals surface area contributed by atoms with E-state index in [0.717, 1.165) is 12.0 Å². The Morgan fingerprint density at radius 1 is 1.03 bits per heavy atom. The number of carbonyl (C=O) groups is 1. The average molecular weight is 431 g/mol. The van der Waals surface area contributed by atoms with Crippen LogP contribution in [-0.2, 0) is 21.2 Å². The summed E-state index contributed by atoms with van der Waals surface area (Å²) >= 11 is 0. The van der Waals surface area contributed by atoms with E-state index in [1.54, 1.807) is 12.1 Å². The summed E-state index contributed by atoms with van der Waals surface area (Å²) in [6.07, 6.45) is 0.971.